The van der Waals surface area contributed by atoms with E-state index in [-0.39, 0.29) is 10.9 Å². The minimum atomic E-state index is -3.49. The first-order chi connectivity index (χ1) is 10.0. The fourth-order valence-electron chi connectivity index (χ4n) is 2.49. The molecule has 2 heterocycles. The van der Waals surface area contributed by atoms with Crippen molar-refractivity contribution in [3.05, 3.63) is 18.3 Å². The molecule has 1 unspecified atom stereocenters. The molecule has 1 atom stereocenters. The summed E-state index contributed by atoms with van der Waals surface area (Å²) in [5.74, 6) is 0.649. The Labute approximate surface area is 127 Å². The second kappa shape index (κ2) is 7.20. The van der Waals surface area contributed by atoms with Crippen molar-refractivity contribution in [2.75, 3.05) is 32.0 Å². The zero-order chi connectivity index (χ0) is 15.3. The third kappa shape index (κ3) is 4.39. The second-order valence-corrected chi connectivity index (χ2v) is 7.19. The molecule has 1 fully saturated rings. The van der Waals surface area contributed by atoms with Crippen LogP contribution in [0.25, 0.3) is 0 Å². The lowest BCUT2D eigenvalue weighted by Crippen LogP contribution is -2.44. The summed E-state index contributed by atoms with van der Waals surface area (Å²) in [6, 6.07) is 3.43. The number of hydrogen-bond acceptors (Lipinski definition) is 5. The molecule has 2 N–H and O–H groups in total. The van der Waals surface area contributed by atoms with Crippen LogP contribution in [-0.4, -0.2) is 51.0 Å². The third-order valence-corrected chi connectivity index (χ3v) is 5.29. The summed E-state index contributed by atoms with van der Waals surface area (Å²) >= 11 is 0. The number of anilines is 1. The maximum Gasteiger partial charge on any atom is 0.242 e. The topological polar surface area (TPSA) is 74.3 Å². The van der Waals surface area contributed by atoms with Crippen molar-refractivity contribution in [1.82, 2.24) is 14.6 Å². The van der Waals surface area contributed by atoms with E-state index in [1.165, 1.54) is 25.5 Å². The molecule has 0 radical (unpaired) electrons. The van der Waals surface area contributed by atoms with Crippen LogP contribution < -0.4 is 10.0 Å². The number of sulfonamides is 1. The van der Waals surface area contributed by atoms with Crippen molar-refractivity contribution < 1.29 is 8.42 Å². The fourth-order valence-corrected chi connectivity index (χ4v) is 3.55. The highest BCUT2D eigenvalue weighted by molar-refractivity contribution is 7.89. The molecule has 0 spiro atoms. The summed E-state index contributed by atoms with van der Waals surface area (Å²) in [6.07, 6.45) is 5.05. The van der Waals surface area contributed by atoms with Crippen LogP contribution in [0.2, 0.25) is 0 Å². The highest BCUT2D eigenvalue weighted by Gasteiger charge is 2.20. The van der Waals surface area contributed by atoms with Crippen molar-refractivity contribution in [3.63, 3.8) is 0 Å². The molecule has 0 aromatic carbocycles. The Morgan fingerprint density at radius 2 is 2.00 bits per heavy atom. The zero-order valence-corrected chi connectivity index (χ0v) is 13.5. The molecule has 6 nitrogen and oxygen atoms in total. The molecule has 21 heavy (non-hydrogen) atoms. The first-order valence-electron chi connectivity index (χ1n) is 7.40. The van der Waals surface area contributed by atoms with E-state index in [2.05, 4.69) is 26.8 Å². The first-order valence-corrected chi connectivity index (χ1v) is 8.89. The Kier molecular flexibility index (Phi) is 5.55. The zero-order valence-electron chi connectivity index (χ0n) is 12.7. The molecule has 0 saturated carbocycles. The Hall–Kier alpha value is -1.18. The van der Waals surface area contributed by atoms with Crippen LogP contribution in [0.1, 0.15) is 26.2 Å². The molecule has 7 heteroatoms. The standard InChI is InChI=1S/C14H24N4O2S/c1-12(18-8-4-3-5-9-18)10-17-21(19,20)13-6-7-14(15-2)16-11-13/h6-7,11-12,17H,3-5,8-10H2,1-2H3,(H,15,16). The molecule has 0 bridgehead atoms. The van der Waals surface area contributed by atoms with Crippen LogP contribution in [0.4, 0.5) is 5.82 Å². The quantitative estimate of drug-likeness (QED) is 0.827. The van der Waals surface area contributed by atoms with Gasteiger partial charge in [0.15, 0.2) is 0 Å². The van der Waals surface area contributed by atoms with Crippen LogP contribution in [0.3, 0.4) is 0 Å². The Morgan fingerprint density at radius 1 is 1.29 bits per heavy atom. The monoisotopic (exact) mass is 312 g/mol. The third-order valence-electron chi connectivity index (χ3n) is 3.89. The van der Waals surface area contributed by atoms with Gasteiger partial charge in [0.05, 0.1) is 0 Å². The summed E-state index contributed by atoms with van der Waals surface area (Å²) < 4.78 is 27.1. The molecular weight excluding hydrogens is 288 g/mol. The Balaban J connectivity index is 1.93. The number of aromatic nitrogens is 1. The number of rotatable bonds is 6. The lowest BCUT2D eigenvalue weighted by Gasteiger charge is -2.32. The summed E-state index contributed by atoms with van der Waals surface area (Å²) in [6.45, 7) is 4.61. The van der Waals surface area contributed by atoms with E-state index in [0.717, 1.165) is 13.1 Å². The first kappa shape index (κ1) is 16.2. The number of likely N-dealkylation sites (tertiary alicyclic amines) is 1. The summed E-state index contributed by atoms with van der Waals surface area (Å²) in [5.41, 5.74) is 0. The van der Waals surface area contributed by atoms with Crippen LogP contribution >= 0.6 is 0 Å². The average Bonchev–Trinajstić information content (AvgIpc) is 2.53. The molecule has 1 aliphatic heterocycles. The number of nitrogens with one attached hydrogen (secondary N) is 2. The number of nitrogens with zero attached hydrogens (tertiary/aromatic N) is 2. The Morgan fingerprint density at radius 3 is 2.57 bits per heavy atom. The van der Waals surface area contributed by atoms with E-state index >= 15 is 0 Å². The second-order valence-electron chi connectivity index (χ2n) is 5.43. The fraction of sp³-hybridized carbons (Fsp3) is 0.643. The van der Waals surface area contributed by atoms with Gasteiger partial charge in [-0.1, -0.05) is 6.42 Å². The van der Waals surface area contributed by atoms with Gasteiger partial charge in [-0.05, 0) is 45.0 Å². The highest BCUT2D eigenvalue weighted by atomic mass is 32.2. The molecule has 1 aliphatic rings. The normalized spacial score (nSPS) is 18.4. The maximum atomic E-state index is 12.2. The lowest BCUT2D eigenvalue weighted by molar-refractivity contribution is 0.175. The van der Waals surface area contributed by atoms with Crippen molar-refractivity contribution >= 4 is 15.8 Å². The largest absolute Gasteiger partial charge is 0.373 e. The van der Waals surface area contributed by atoms with Gasteiger partial charge in [-0.15, -0.1) is 0 Å². The molecule has 2 rings (SSSR count). The van der Waals surface area contributed by atoms with Gasteiger partial charge in [0, 0.05) is 25.8 Å². The van der Waals surface area contributed by atoms with E-state index in [4.69, 9.17) is 0 Å². The van der Waals surface area contributed by atoms with E-state index in [9.17, 15) is 8.42 Å². The predicted octanol–water partition coefficient (Wildman–Crippen LogP) is 1.28. The molecule has 118 valence electrons. The highest BCUT2D eigenvalue weighted by Crippen LogP contribution is 2.13. The summed E-state index contributed by atoms with van der Waals surface area (Å²) in [7, 11) is -1.74. The minimum Gasteiger partial charge on any atom is -0.373 e. The lowest BCUT2D eigenvalue weighted by atomic mass is 10.1. The predicted molar refractivity (Wildman–Crippen MR) is 83.9 cm³/mol. The molecule has 1 aromatic rings. The van der Waals surface area contributed by atoms with Gasteiger partial charge < -0.3 is 5.32 Å². The van der Waals surface area contributed by atoms with E-state index in [1.807, 2.05) is 0 Å². The molecular formula is C14H24N4O2S. The molecule has 1 saturated heterocycles. The summed E-state index contributed by atoms with van der Waals surface area (Å²) in [5, 5.41) is 2.87. The van der Waals surface area contributed by atoms with Gasteiger partial charge in [0.1, 0.15) is 10.7 Å². The van der Waals surface area contributed by atoms with Gasteiger partial charge in [0.2, 0.25) is 10.0 Å². The van der Waals surface area contributed by atoms with Crippen LogP contribution in [0.15, 0.2) is 23.2 Å². The number of piperidine rings is 1. The van der Waals surface area contributed by atoms with E-state index in [1.54, 1.807) is 19.2 Å². The van der Waals surface area contributed by atoms with Gasteiger partial charge in [-0.2, -0.15) is 0 Å². The minimum absolute atomic E-state index is 0.201. The van der Waals surface area contributed by atoms with Crippen molar-refractivity contribution in [2.45, 2.75) is 37.1 Å². The van der Waals surface area contributed by atoms with Crippen molar-refractivity contribution in [2.24, 2.45) is 0 Å². The number of pyridine rings is 1. The Bertz CT molecular complexity index is 539. The van der Waals surface area contributed by atoms with Crippen LogP contribution in [-0.2, 0) is 10.0 Å². The van der Waals surface area contributed by atoms with Gasteiger partial charge in [0.25, 0.3) is 0 Å². The van der Waals surface area contributed by atoms with Crippen LogP contribution in [0.5, 0.6) is 0 Å². The molecule has 0 amide bonds. The average molecular weight is 312 g/mol. The van der Waals surface area contributed by atoms with Gasteiger partial charge >= 0.3 is 0 Å². The number of hydrogen-bond donors (Lipinski definition) is 2. The molecule has 0 aliphatic carbocycles. The van der Waals surface area contributed by atoms with Crippen molar-refractivity contribution in [1.29, 1.82) is 0 Å². The summed E-state index contributed by atoms with van der Waals surface area (Å²) in [4.78, 5) is 6.58. The van der Waals surface area contributed by atoms with Crippen LogP contribution in [0, 0.1) is 0 Å². The van der Waals surface area contributed by atoms with E-state index in [0.29, 0.717) is 12.4 Å². The van der Waals surface area contributed by atoms with Gasteiger partial charge in [-0.25, -0.2) is 18.1 Å². The van der Waals surface area contributed by atoms with Crippen molar-refractivity contribution in [3.8, 4) is 0 Å². The molecule has 1 aromatic heterocycles. The maximum absolute atomic E-state index is 12.2. The van der Waals surface area contributed by atoms with E-state index < -0.39 is 10.0 Å². The van der Waals surface area contributed by atoms with Gasteiger partial charge in [-0.3, -0.25) is 4.90 Å². The SMILES string of the molecule is CNc1ccc(S(=O)(=O)NCC(C)N2CCCCC2)cn1. The smallest absolute Gasteiger partial charge is 0.242 e.